The fraction of sp³-hybridized carbons (Fsp3) is 0.211. The van der Waals surface area contributed by atoms with Crippen molar-refractivity contribution in [3.8, 4) is 0 Å². The van der Waals surface area contributed by atoms with Crippen LogP contribution in [-0.2, 0) is 11.0 Å². The van der Waals surface area contributed by atoms with Gasteiger partial charge in [-0.15, -0.1) is 11.8 Å². The van der Waals surface area contributed by atoms with Gasteiger partial charge in [-0.05, 0) is 29.3 Å². The van der Waals surface area contributed by atoms with Gasteiger partial charge in [0.25, 0.3) is 0 Å². The van der Waals surface area contributed by atoms with Crippen molar-refractivity contribution in [2.24, 2.45) is 0 Å². The molecule has 0 aliphatic carbocycles. The minimum absolute atomic E-state index is 0.198. The molecule has 25 heavy (non-hydrogen) atoms. The molecule has 1 fully saturated rings. The minimum atomic E-state index is -4.39. The summed E-state index contributed by atoms with van der Waals surface area (Å²) in [6, 6.07) is 14.6. The number of thioether (sulfide) groups is 1. The van der Waals surface area contributed by atoms with Crippen LogP contribution in [0.1, 0.15) is 22.1 Å². The third-order valence-corrected chi connectivity index (χ3v) is 5.15. The molecule has 1 amide bonds. The summed E-state index contributed by atoms with van der Waals surface area (Å²) in [5, 5.41) is -0.393. The van der Waals surface area contributed by atoms with Gasteiger partial charge in [0, 0.05) is 18.4 Å². The van der Waals surface area contributed by atoms with Crippen LogP contribution in [0.15, 0.2) is 60.7 Å². The standard InChI is InChI=1S/C19H16F3NOS/c20-19(21,22)16-8-4-7-15(13-16)18-23(11-12-25-18)17(24)10-9-14-5-2-1-3-6-14/h1-10,13,18H,11-12H2. The van der Waals surface area contributed by atoms with E-state index in [1.165, 1.54) is 23.9 Å². The van der Waals surface area contributed by atoms with E-state index in [1.54, 1.807) is 17.0 Å². The first-order valence-electron chi connectivity index (χ1n) is 7.77. The molecule has 130 valence electrons. The summed E-state index contributed by atoms with van der Waals surface area (Å²) in [4.78, 5) is 14.1. The van der Waals surface area contributed by atoms with Gasteiger partial charge in [0.15, 0.2) is 0 Å². The molecule has 0 spiro atoms. The van der Waals surface area contributed by atoms with Gasteiger partial charge in [-0.1, -0.05) is 42.5 Å². The van der Waals surface area contributed by atoms with E-state index in [0.717, 1.165) is 17.7 Å². The molecule has 0 bridgehead atoms. The van der Waals surface area contributed by atoms with Crippen LogP contribution >= 0.6 is 11.8 Å². The first-order valence-corrected chi connectivity index (χ1v) is 8.82. The lowest BCUT2D eigenvalue weighted by Crippen LogP contribution is -2.28. The summed E-state index contributed by atoms with van der Waals surface area (Å²) in [7, 11) is 0. The topological polar surface area (TPSA) is 20.3 Å². The van der Waals surface area contributed by atoms with Crippen molar-refractivity contribution in [3.63, 3.8) is 0 Å². The lowest BCUT2D eigenvalue weighted by Gasteiger charge is -2.23. The Bertz CT molecular complexity index is 774. The molecule has 6 heteroatoms. The molecule has 1 saturated heterocycles. The normalized spacial score (nSPS) is 18.0. The molecule has 1 aliphatic rings. The molecule has 1 heterocycles. The maximum absolute atomic E-state index is 12.9. The van der Waals surface area contributed by atoms with Crippen LogP contribution in [0.2, 0.25) is 0 Å². The number of nitrogens with zero attached hydrogens (tertiary/aromatic N) is 1. The zero-order chi connectivity index (χ0) is 17.9. The van der Waals surface area contributed by atoms with Crippen LogP contribution in [0.25, 0.3) is 6.08 Å². The molecular weight excluding hydrogens is 347 g/mol. The maximum Gasteiger partial charge on any atom is 0.416 e. The largest absolute Gasteiger partial charge is 0.416 e. The third-order valence-electron chi connectivity index (χ3n) is 3.89. The van der Waals surface area contributed by atoms with E-state index in [9.17, 15) is 18.0 Å². The van der Waals surface area contributed by atoms with E-state index in [4.69, 9.17) is 0 Å². The predicted octanol–water partition coefficient (Wildman–Crippen LogP) is 4.99. The van der Waals surface area contributed by atoms with Gasteiger partial charge in [-0.2, -0.15) is 13.2 Å². The fourth-order valence-corrected chi connectivity index (χ4v) is 3.92. The van der Waals surface area contributed by atoms with E-state index < -0.39 is 17.1 Å². The van der Waals surface area contributed by atoms with Crippen LogP contribution < -0.4 is 0 Å². The average Bonchev–Trinajstić information content (AvgIpc) is 3.10. The molecule has 3 rings (SSSR count). The SMILES string of the molecule is O=C(C=Cc1ccccc1)N1CCSC1c1cccc(C(F)(F)F)c1. The Kier molecular flexibility index (Phi) is 5.18. The number of halogens is 3. The summed E-state index contributed by atoms with van der Waals surface area (Å²) >= 11 is 1.48. The third kappa shape index (κ3) is 4.25. The van der Waals surface area contributed by atoms with Crippen molar-refractivity contribution in [1.29, 1.82) is 0 Å². The highest BCUT2D eigenvalue weighted by Crippen LogP contribution is 2.40. The van der Waals surface area contributed by atoms with Gasteiger partial charge >= 0.3 is 6.18 Å². The summed E-state index contributed by atoms with van der Waals surface area (Å²) < 4.78 is 38.8. The molecule has 2 nitrogen and oxygen atoms in total. The second-order valence-electron chi connectivity index (χ2n) is 5.62. The van der Waals surface area contributed by atoms with Crippen LogP contribution in [0, 0.1) is 0 Å². The first-order chi connectivity index (χ1) is 11.9. The molecule has 1 aliphatic heterocycles. The summed E-state index contributed by atoms with van der Waals surface area (Å²) in [6.07, 6.45) is -1.20. The molecule has 1 unspecified atom stereocenters. The van der Waals surface area contributed by atoms with Crippen LogP contribution in [0.5, 0.6) is 0 Å². The smallest absolute Gasteiger partial charge is 0.322 e. The number of alkyl halides is 3. The van der Waals surface area contributed by atoms with Gasteiger partial charge in [-0.25, -0.2) is 0 Å². The van der Waals surface area contributed by atoms with E-state index >= 15 is 0 Å². The molecule has 0 radical (unpaired) electrons. The molecule has 2 aromatic rings. The van der Waals surface area contributed by atoms with Crippen LogP contribution in [-0.4, -0.2) is 23.1 Å². The van der Waals surface area contributed by atoms with Crippen molar-refractivity contribution < 1.29 is 18.0 Å². The number of benzene rings is 2. The molecule has 0 saturated carbocycles. The van der Waals surface area contributed by atoms with E-state index in [0.29, 0.717) is 17.9 Å². The number of hydrogen-bond acceptors (Lipinski definition) is 2. The number of carbonyl (C=O) groups excluding carboxylic acids is 1. The second kappa shape index (κ2) is 7.35. The molecular formula is C19H16F3NOS. The Balaban J connectivity index is 1.79. The van der Waals surface area contributed by atoms with Crippen molar-refractivity contribution in [3.05, 3.63) is 77.4 Å². The van der Waals surface area contributed by atoms with Crippen molar-refractivity contribution in [2.75, 3.05) is 12.3 Å². The molecule has 0 aromatic heterocycles. The Morgan fingerprint density at radius 2 is 1.88 bits per heavy atom. The van der Waals surface area contributed by atoms with Gasteiger partial charge in [0.1, 0.15) is 5.37 Å². The lowest BCUT2D eigenvalue weighted by atomic mass is 10.1. The summed E-state index contributed by atoms with van der Waals surface area (Å²) in [5.41, 5.74) is 0.710. The Morgan fingerprint density at radius 1 is 1.12 bits per heavy atom. The monoisotopic (exact) mass is 363 g/mol. The van der Waals surface area contributed by atoms with Crippen molar-refractivity contribution >= 4 is 23.7 Å². The van der Waals surface area contributed by atoms with Crippen molar-refractivity contribution in [1.82, 2.24) is 4.90 Å². The van der Waals surface area contributed by atoms with E-state index in [-0.39, 0.29) is 5.91 Å². The fourth-order valence-electron chi connectivity index (χ4n) is 2.67. The van der Waals surface area contributed by atoms with Gasteiger partial charge < -0.3 is 4.90 Å². The Morgan fingerprint density at radius 3 is 2.60 bits per heavy atom. The average molecular weight is 363 g/mol. The lowest BCUT2D eigenvalue weighted by molar-refractivity contribution is -0.137. The quantitative estimate of drug-likeness (QED) is 0.716. The summed E-state index contributed by atoms with van der Waals surface area (Å²) in [5.74, 6) is 0.502. The number of amides is 1. The van der Waals surface area contributed by atoms with Crippen molar-refractivity contribution in [2.45, 2.75) is 11.6 Å². The van der Waals surface area contributed by atoms with E-state index in [1.807, 2.05) is 30.3 Å². The molecule has 0 N–H and O–H groups in total. The van der Waals surface area contributed by atoms with Gasteiger partial charge in [-0.3, -0.25) is 4.79 Å². The Labute approximate surface area is 148 Å². The van der Waals surface area contributed by atoms with Gasteiger partial charge in [0.2, 0.25) is 5.91 Å². The number of carbonyl (C=O) groups is 1. The van der Waals surface area contributed by atoms with E-state index in [2.05, 4.69) is 0 Å². The minimum Gasteiger partial charge on any atom is -0.322 e. The first kappa shape index (κ1) is 17.6. The van der Waals surface area contributed by atoms with Crippen LogP contribution in [0.4, 0.5) is 13.2 Å². The molecule has 2 aromatic carbocycles. The predicted molar refractivity (Wildman–Crippen MR) is 93.8 cm³/mol. The highest BCUT2D eigenvalue weighted by atomic mass is 32.2. The highest BCUT2D eigenvalue weighted by Gasteiger charge is 2.34. The summed E-state index contributed by atoms with van der Waals surface area (Å²) in [6.45, 7) is 0.517. The second-order valence-corrected chi connectivity index (χ2v) is 6.81. The van der Waals surface area contributed by atoms with Gasteiger partial charge in [0.05, 0.1) is 5.56 Å². The maximum atomic E-state index is 12.9. The van der Waals surface area contributed by atoms with Crippen LogP contribution in [0.3, 0.4) is 0 Å². The zero-order valence-corrected chi connectivity index (χ0v) is 14.1. The molecule has 1 atom stereocenters. The highest BCUT2D eigenvalue weighted by molar-refractivity contribution is 7.99. The number of rotatable bonds is 3. The Hall–Kier alpha value is -2.21. The number of hydrogen-bond donors (Lipinski definition) is 0. The zero-order valence-electron chi connectivity index (χ0n) is 13.2.